The number of rotatable bonds is 84. The highest BCUT2D eigenvalue weighted by atomic mass is 35.5. The molecule has 0 amide bonds. The van der Waals surface area contributed by atoms with E-state index in [-0.39, 0.29) is 56.0 Å². The summed E-state index contributed by atoms with van der Waals surface area (Å²) in [6.07, 6.45) is 1.55. The van der Waals surface area contributed by atoms with Crippen molar-refractivity contribution >= 4 is 28.6 Å². The number of hydrogen-bond acceptors (Lipinski definition) is 32. The molecule has 0 aliphatic carbocycles. The number of likely N-dealkylation sites (N-methyl/N-ethyl adjacent to an activating group) is 1. The van der Waals surface area contributed by atoms with Crippen LogP contribution in [0.3, 0.4) is 0 Å². The predicted molar refractivity (Wildman–Crippen MR) is 411 cm³/mol. The molecular formula is C74H149Cl2N4O29Si2-. The summed E-state index contributed by atoms with van der Waals surface area (Å²) < 4.78 is 140. The van der Waals surface area contributed by atoms with Gasteiger partial charge in [0.15, 0.2) is 16.6 Å². The zero-order chi connectivity index (χ0) is 78.5. The Morgan fingerprint density at radius 3 is 0.874 bits per heavy atom. The number of carbonyl (C=O) groups excluding carboxylic acids is 2. The molecule has 0 aromatic heterocycles. The molecule has 0 bridgehead atoms. The summed E-state index contributed by atoms with van der Waals surface area (Å²) in [7, 11) is 0.781. The molecule has 37 heteroatoms. The lowest BCUT2D eigenvalue weighted by Crippen LogP contribution is -3.00. The van der Waals surface area contributed by atoms with Crippen molar-refractivity contribution in [3.8, 4) is 0 Å². The molecule has 0 radical (unpaired) electrons. The van der Waals surface area contributed by atoms with E-state index in [1.54, 1.807) is 6.92 Å². The molecule has 0 spiro atoms. The van der Waals surface area contributed by atoms with Crippen LogP contribution in [-0.2, 0) is 127 Å². The maximum Gasteiger partial charge on any atom is 0.307 e. The standard InChI is InChI=1S/C74H149N4O29Si2.2ClH/c1-8-73(81)105-59-57-101-55-53-99-51-49-97-47-45-95-43-41-93-39-37-91-35-33-89-31-29-87-27-25-85-23-21-83-19-20-84-22-24-86-26-28-88-30-32-90-34-36-92-38-40-94-42-44-96-46-48-98-50-52-100-54-56-102-58-60-106-74(82)63-71-72-66-76(11-12-77(71)72)65-70(80)68-104-18-10-62-109(6,7)107-108(4,5)61-9-17-103-67-69(79)64-75-13-15-78(2,3)16-14-75;;/h69-72,79-80H,8-68H2,1-7H3;2*1H/q+1;;/p-2. The molecule has 2 N–H and O–H groups in total. The second kappa shape index (κ2) is 75.0. The van der Waals surface area contributed by atoms with Crippen LogP contribution >= 0.6 is 0 Å². The van der Waals surface area contributed by atoms with Gasteiger partial charge in [-0.2, -0.15) is 0 Å². The third-order valence-corrected chi connectivity index (χ3v) is 24.9. The molecule has 3 fully saturated rings. The Labute approximate surface area is 679 Å². The van der Waals surface area contributed by atoms with Gasteiger partial charge >= 0.3 is 11.9 Å². The van der Waals surface area contributed by atoms with Crippen LogP contribution in [-0.4, -0.2) is 459 Å². The Hall–Kier alpha value is -1.21. The van der Waals surface area contributed by atoms with Gasteiger partial charge in [0.25, 0.3) is 0 Å². The smallest absolute Gasteiger partial charge is 0.307 e. The summed E-state index contributed by atoms with van der Waals surface area (Å²) in [6.45, 7) is 39.8. The van der Waals surface area contributed by atoms with Crippen LogP contribution in [0.2, 0.25) is 38.3 Å². The lowest BCUT2D eigenvalue weighted by Gasteiger charge is -2.39. The molecule has 5 atom stereocenters. The first-order chi connectivity index (χ1) is 53.1. The highest BCUT2D eigenvalue weighted by Gasteiger charge is 2.51. The minimum atomic E-state index is -1.88. The number of aliphatic hydroxyl groups excluding tert-OH is 2. The first-order valence-corrected chi connectivity index (χ1v) is 46.4. The van der Waals surface area contributed by atoms with Gasteiger partial charge in [-0.1, -0.05) is 6.92 Å². The number of quaternary nitrogens is 1. The van der Waals surface area contributed by atoms with E-state index in [0.29, 0.717) is 323 Å². The predicted octanol–water partition coefficient (Wildman–Crippen LogP) is -4.06. The number of halogens is 2. The molecule has 3 aliphatic heterocycles. The van der Waals surface area contributed by atoms with E-state index in [4.69, 9.17) is 118 Å². The summed E-state index contributed by atoms with van der Waals surface area (Å²) in [4.78, 5) is 30.6. The second-order valence-corrected chi connectivity index (χ2v) is 37.2. The van der Waals surface area contributed by atoms with E-state index < -0.39 is 28.8 Å². The summed E-state index contributed by atoms with van der Waals surface area (Å²) >= 11 is 0. The Balaban J connectivity index is 0.0000308. The minimum Gasteiger partial charge on any atom is -1.00 e. The fourth-order valence-electron chi connectivity index (χ4n) is 11.4. The SMILES string of the molecule is CCC(=O)OCCOCCOCCOCCOCCOCCOCCOCCOCCOCCOCCOCCOCCOCCOCCOCCOCCOCCOCCOCCOCCOC(=O)CC1C2CN(CC(O)COCCC[Si](C)(C)O[Si](C)(C)CCCOCC(O)CN3CC[N+](C)(C)CC3)CCN12.[Cl-].[Cl-]. The maximum atomic E-state index is 12.6. The average Bonchev–Trinajstić information content (AvgIpc) is 1.60. The number of β-amino-alcohol motifs (C(OH)–C–C–N with tert-alkyl or cyclic N) is 2. The van der Waals surface area contributed by atoms with E-state index in [1.807, 2.05) is 0 Å². The zero-order valence-corrected chi connectivity index (χ0v) is 72.4. The summed E-state index contributed by atoms with van der Waals surface area (Å²) in [5.41, 5.74) is 0. The van der Waals surface area contributed by atoms with Crippen LogP contribution in [0, 0.1) is 0 Å². The molecular weight excluding hydrogens is 1540 g/mol. The van der Waals surface area contributed by atoms with Crippen LogP contribution < -0.4 is 24.8 Å². The number of esters is 2. The van der Waals surface area contributed by atoms with Crippen molar-refractivity contribution in [2.75, 3.05) is 377 Å². The first kappa shape index (κ1) is 108. The third-order valence-electron chi connectivity index (χ3n) is 17.3. The van der Waals surface area contributed by atoms with E-state index in [0.717, 1.165) is 75.2 Å². The number of fused-ring (bicyclic) bond motifs is 1. The van der Waals surface area contributed by atoms with Crippen LogP contribution in [0.25, 0.3) is 0 Å². The van der Waals surface area contributed by atoms with Crippen molar-refractivity contribution in [3.05, 3.63) is 0 Å². The number of hydrogen-bond donors (Lipinski definition) is 2. The molecule has 0 aromatic carbocycles. The molecule has 5 unspecified atom stereocenters. The minimum absolute atomic E-state index is 0. The molecule has 3 heterocycles. The Kier molecular flexibility index (Phi) is 72.9. The molecule has 111 heavy (non-hydrogen) atoms. The van der Waals surface area contributed by atoms with Crippen molar-refractivity contribution in [1.29, 1.82) is 0 Å². The Morgan fingerprint density at radius 2 is 0.604 bits per heavy atom. The zero-order valence-electron chi connectivity index (χ0n) is 68.9. The number of carbonyl (C=O) groups is 2. The van der Waals surface area contributed by atoms with E-state index in [9.17, 15) is 19.8 Å². The number of ether oxygens (including phenoxy) is 24. The van der Waals surface area contributed by atoms with E-state index in [1.165, 1.54) is 0 Å². The second-order valence-electron chi connectivity index (χ2n) is 28.3. The van der Waals surface area contributed by atoms with Gasteiger partial charge in [0.2, 0.25) is 0 Å². The third kappa shape index (κ3) is 68.3. The number of aliphatic hydroxyl groups is 2. The van der Waals surface area contributed by atoms with Crippen LogP contribution in [0.4, 0.5) is 0 Å². The Bertz CT molecular complexity index is 2060. The van der Waals surface area contributed by atoms with Crippen LogP contribution in [0.5, 0.6) is 0 Å². The van der Waals surface area contributed by atoms with E-state index >= 15 is 0 Å². The van der Waals surface area contributed by atoms with Gasteiger partial charge in [-0.05, 0) is 51.1 Å². The van der Waals surface area contributed by atoms with Crippen molar-refractivity contribution in [2.45, 2.75) is 95.2 Å². The number of nitrogens with zero attached hydrogens (tertiary/aromatic N) is 4. The molecule has 0 aromatic rings. The first-order valence-electron chi connectivity index (χ1n) is 40.2. The highest BCUT2D eigenvalue weighted by Crippen LogP contribution is 2.34. The fourth-order valence-corrected chi connectivity index (χ4v) is 20.2. The average molecular weight is 1690 g/mol. The van der Waals surface area contributed by atoms with Gasteiger partial charge in [-0.15, -0.1) is 0 Å². The fraction of sp³-hybridized carbons (Fsp3) is 0.973. The van der Waals surface area contributed by atoms with Crippen molar-refractivity contribution in [2.24, 2.45) is 0 Å². The normalized spacial score (nSPS) is 17.2. The topological polar surface area (TPSA) is 315 Å². The van der Waals surface area contributed by atoms with Crippen molar-refractivity contribution < 1.29 is 167 Å². The van der Waals surface area contributed by atoms with Gasteiger partial charge in [-0.25, -0.2) is 0 Å². The van der Waals surface area contributed by atoms with Crippen LogP contribution in [0.1, 0.15) is 32.6 Å². The summed E-state index contributed by atoms with van der Waals surface area (Å²) in [5.74, 6) is -0.449. The van der Waals surface area contributed by atoms with Crippen LogP contribution in [0.15, 0.2) is 0 Å². The van der Waals surface area contributed by atoms with E-state index in [2.05, 4.69) is 55.0 Å². The van der Waals surface area contributed by atoms with Gasteiger partial charge in [0.05, 0.1) is 323 Å². The number of piperazine rings is 2. The maximum absolute atomic E-state index is 12.6. The largest absolute Gasteiger partial charge is 1.00 e. The van der Waals surface area contributed by atoms with Gasteiger partial charge in [0.1, 0.15) is 13.2 Å². The molecule has 0 saturated carbocycles. The lowest BCUT2D eigenvalue weighted by atomic mass is 10.2. The van der Waals surface area contributed by atoms with Crippen molar-refractivity contribution in [3.63, 3.8) is 0 Å². The molecule has 3 saturated heterocycles. The molecule has 662 valence electrons. The quantitative estimate of drug-likeness (QED) is 0.0192. The highest BCUT2D eigenvalue weighted by molar-refractivity contribution is 6.84. The monoisotopic (exact) mass is 1680 g/mol. The molecule has 33 nitrogen and oxygen atoms in total. The van der Waals surface area contributed by atoms with Gasteiger partial charge in [0, 0.05) is 77.5 Å². The summed E-state index contributed by atoms with van der Waals surface area (Å²) in [6, 6.07) is 2.52. The lowest BCUT2D eigenvalue weighted by molar-refractivity contribution is -0.894. The van der Waals surface area contributed by atoms with Crippen molar-refractivity contribution in [1.82, 2.24) is 14.7 Å². The summed E-state index contributed by atoms with van der Waals surface area (Å²) in [5, 5.41) is 21.3. The molecule has 3 aliphatic rings. The Morgan fingerprint density at radius 1 is 0.351 bits per heavy atom. The van der Waals surface area contributed by atoms with Gasteiger partial charge in [-0.3, -0.25) is 24.3 Å². The van der Waals surface area contributed by atoms with Gasteiger partial charge < -0.3 is 157 Å². The molecule has 3 rings (SSSR count).